The summed E-state index contributed by atoms with van der Waals surface area (Å²) in [4.78, 5) is 0. The van der Waals surface area contributed by atoms with Gasteiger partial charge < -0.3 is 18.4 Å². The summed E-state index contributed by atoms with van der Waals surface area (Å²) in [7, 11) is 0. The van der Waals surface area contributed by atoms with E-state index in [0.29, 0.717) is 6.54 Å². The first-order chi connectivity index (χ1) is 2.27. The standard InChI is InChI=1S/C3H9NS/c1-3(5)2-4/h3,5H,2,4H2,1H3/p-1. The van der Waals surface area contributed by atoms with E-state index in [1.54, 1.807) is 0 Å². The highest BCUT2D eigenvalue weighted by Crippen LogP contribution is 1.69. The van der Waals surface area contributed by atoms with Gasteiger partial charge >= 0.3 is 0 Å². The Bertz CT molecular complexity index is 20.9. The number of rotatable bonds is 1. The third kappa shape index (κ3) is 4.31. The van der Waals surface area contributed by atoms with E-state index in [-0.39, 0.29) is 5.25 Å². The maximum atomic E-state index is 5.07. The van der Waals surface area contributed by atoms with Crippen molar-refractivity contribution in [1.82, 2.24) is 0 Å². The van der Waals surface area contributed by atoms with Gasteiger partial charge in [0, 0.05) is 0 Å². The van der Waals surface area contributed by atoms with E-state index in [1.807, 2.05) is 6.92 Å². The molecule has 1 unspecified atom stereocenters. The van der Waals surface area contributed by atoms with Crippen LogP contribution in [-0.2, 0) is 12.6 Å². The summed E-state index contributed by atoms with van der Waals surface area (Å²) < 4.78 is 0. The first-order valence-electron chi connectivity index (χ1n) is 1.63. The highest BCUT2D eigenvalue weighted by Gasteiger charge is 1.67. The molecule has 0 saturated carbocycles. The lowest BCUT2D eigenvalue weighted by Crippen LogP contribution is -2.12. The van der Waals surface area contributed by atoms with Crippen molar-refractivity contribution in [3.63, 3.8) is 0 Å². The second-order valence-corrected chi connectivity index (χ2v) is 1.85. The van der Waals surface area contributed by atoms with Crippen LogP contribution in [0.25, 0.3) is 0 Å². The predicted molar refractivity (Wildman–Crippen MR) is 25.9 cm³/mol. The van der Waals surface area contributed by atoms with E-state index < -0.39 is 0 Å². The van der Waals surface area contributed by atoms with Gasteiger partial charge in [0.1, 0.15) is 0 Å². The molecule has 1 atom stereocenters. The van der Waals surface area contributed by atoms with Gasteiger partial charge in [0.25, 0.3) is 0 Å². The summed E-state index contributed by atoms with van der Waals surface area (Å²) in [5, 5.41) is 0.245. The zero-order valence-corrected chi connectivity index (χ0v) is 4.09. The number of hydrogen-bond acceptors (Lipinski definition) is 2. The maximum absolute atomic E-state index is 5.07. The minimum absolute atomic E-state index is 0.245. The van der Waals surface area contributed by atoms with Crippen LogP contribution < -0.4 is 5.73 Å². The molecule has 5 heavy (non-hydrogen) atoms. The van der Waals surface area contributed by atoms with E-state index in [0.717, 1.165) is 0 Å². The Kier molecular flexibility index (Phi) is 2.70. The largest absolute Gasteiger partial charge is 0.788 e. The first kappa shape index (κ1) is 5.31. The van der Waals surface area contributed by atoms with Crippen molar-refractivity contribution in [2.45, 2.75) is 12.2 Å². The smallest absolute Gasteiger partial charge is 0.0271 e. The van der Waals surface area contributed by atoms with Gasteiger partial charge in [-0.2, -0.15) is 5.25 Å². The molecule has 0 heterocycles. The lowest BCUT2D eigenvalue weighted by Gasteiger charge is -2.09. The monoisotopic (exact) mass is 90.0 g/mol. The highest BCUT2D eigenvalue weighted by atomic mass is 32.1. The second-order valence-electron chi connectivity index (χ2n) is 1.05. The van der Waals surface area contributed by atoms with Crippen molar-refractivity contribution < 1.29 is 0 Å². The van der Waals surface area contributed by atoms with Crippen molar-refractivity contribution in [2.24, 2.45) is 5.73 Å². The van der Waals surface area contributed by atoms with E-state index in [9.17, 15) is 0 Å². The average molecular weight is 90.2 g/mol. The molecule has 32 valence electrons. The SMILES string of the molecule is CC([S-])CN. The third-order valence-electron chi connectivity index (χ3n) is 0.332. The first-order valence-corrected chi connectivity index (χ1v) is 2.10. The molecule has 0 aromatic rings. The molecule has 0 rings (SSSR count). The molecule has 0 aliphatic rings. The Morgan fingerprint density at radius 2 is 2.20 bits per heavy atom. The molecular formula is C3H8NS-. The van der Waals surface area contributed by atoms with E-state index >= 15 is 0 Å². The zero-order valence-electron chi connectivity index (χ0n) is 3.27. The molecule has 1 nitrogen and oxygen atoms in total. The van der Waals surface area contributed by atoms with Crippen LogP contribution in [0, 0.1) is 0 Å². The molecule has 0 aromatic carbocycles. The molecule has 2 N–H and O–H groups in total. The van der Waals surface area contributed by atoms with E-state index in [1.165, 1.54) is 0 Å². The van der Waals surface area contributed by atoms with Gasteiger partial charge in [-0.3, -0.25) is 0 Å². The molecule has 2 heteroatoms. The minimum Gasteiger partial charge on any atom is -0.788 e. The Morgan fingerprint density at radius 3 is 2.20 bits per heavy atom. The van der Waals surface area contributed by atoms with Crippen LogP contribution in [0.1, 0.15) is 6.92 Å². The molecule has 0 fully saturated rings. The molecule has 0 aromatic heterocycles. The second kappa shape index (κ2) is 2.54. The fourth-order valence-electron chi connectivity index (χ4n) is 0. The fraction of sp³-hybridized carbons (Fsp3) is 1.00. The Labute approximate surface area is 38.0 Å². The predicted octanol–water partition coefficient (Wildman–Crippen LogP) is -0.119. The molecule has 0 bridgehead atoms. The van der Waals surface area contributed by atoms with Crippen molar-refractivity contribution in [1.29, 1.82) is 0 Å². The lowest BCUT2D eigenvalue weighted by atomic mass is 10.5. The van der Waals surface area contributed by atoms with Gasteiger partial charge in [-0.15, -0.1) is 0 Å². The molecule has 0 spiro atoms. The lowest BCUT2D eigenvalue weighted by molar-refractivity contribution is 0.958. The van der Waals surface area contributed by atoms with Gasteiger partial charge in [-0.05, 0) is 6.54 Å². The van der Waals surface area contributed by atoms with Crippen LogP contribution in [0.4, 0.5) is 0 Å². The average Bonchev–Trinajstić information content (AvgIpc) is 1.38. The molecule has 0 aliphatic heterocycles. The summed E-state index contributed by atoms with van der Waals surface area (Å²) in [6.07, 6.45) is 0. The topological polar surface area (TPSA) is 26.0 Å². The van der Waals surface area contributed by atoms with Gasteiger partial charge in [-0.1, -0.05) is 6.92 Å². The molecule has 0 amide bonds. The highest BCUT2D eigenvalue weighted by molar-refractivity contribution is 7.59. The Balaban J connectivity index is 2.54. The van der Waals surface area contributed by atoms with Crippen LogP contribution in [-0.4, -0.2) is 11.8 Å². The van der Waals surface area contributed by atoms with Crippen LogP contribution in [0.15, 0.2) is 0 Å². The number of nitrogens with two attached hydrogens (primary N) is 1. The zero-order chi connectivity index (χ0) is 4.28. The molecule has 0 saturated heterocycles. The molecule has 0 radical (unpaired) electrons. The van der Waals surface area contributed by atoms with Gasteiger partial charge in [0.05, 0.1) is 0 Å². The van der Waals surface area contributed by atoms with Crippen LogP contribution in [0.5, 0.6) is 0 Å². The summed E-state index contributed by atoms with van der Waals surface area (Å²) in [5.41, 5.74) is 5.07. The minimum atomic E-state index is 0.245. The van der Waals surface area contributed by atoms with E-state index in [4.69, 9.17) is 5.73 Å². The van der Waals surface area contributed by atoms with Gasteiger partial charge in [-0.25, -0.2) is 0 Å². The quantitative estimate of drug-likeness (QED) is 0.454. The van der Waals surface area contributed by atoms with Crippen LogP contribution in [0.2, 0.25) is 0 Å². The fourth-order valence-corrected chi connectivity index (χ4v) is 0. The van der Waals surface area contributed by atoms with Crippen LogP contribution in [0.3, 0.4) is 0 Å². The number of hydrogen-bond donors (Lipinski definition) is 1. The summed E-state index contributed by atoms with van der Waals surface area (Å²) >= 11 is 4.66. The van der Waals surface area contributed by atoms with Crippen LogP contribution >= 0.6 is 0 Å². The van der Waals surface area contributed by atoms with E-state index in [2.05, 4.69) is 12.6 Å². The normalized spacial score (nSPS) is 15.0. The van der Waals surface area contributed by atoms with Crippen molar-refractivity contribution in [3.8, 4) is 0 Å². The Hall–Kier alpha value is 0.310. The summed E-state index contributed by atoms with van der Waals surface area (Å²) in [6, 6.07) is 0. The van der Waals surface area contributed by atoms with Gasteiger partial charge in [0.2, 0.25) is 0 Å². The third-order valence-corrected chi connectivity index (χ3v) is 0.524. The Morgan fingerprint density at radius 1 is 2.00 bits per heavy atom. The summed E-state index contributed by atoms with van der Waals surface area (Å²) in [5.74, 6) is 0. The maximum Gasteiger partial charge on any atom is -0.0271 e. The van der Waals surface area contributed by atoms with Gasteiger partial charge in [0.15, 0.2) is 0 Å². The summed E-state index contributed by atoms with van der Waals surface area (Å²) in [6.45, 7) is 2.53. The van der Waals surface area contributed by atoms with Crippen molar-refractivity contribution in [3.05, 3.63) is 0 Å². The van der Waals surface area contributed by atoms with Crippen molar-refractivity contribution >= 4 is 12.6 Å². The van der Waals surface area contributed by atoms with Crippen molar-refractivity contribution in [2.75, 3.05) is 6.54 Å². The molecule has 0 aliphatic carbocycles. The molecular weight excluding hydrogens is 82.1 g/mol.